The summed E-state index contributed by atoms with van der Waals surface area (Å²) in [7, 11) is -4.04. The standard InChI is InChI=1S/C23H22F3N3O4S2/c1-15(30)28-10-11-29(35(32,33)21-12-17-4-2-3-5-20(17)34-21)19(14-28)22(31)27-13-16-6-8-18(9-7-16)23(24,25)26/h2-9,12,19H,10-11,13-14H2,1H3,(H,27,31). The predicted molar refractivity (Wildman–Crippen MR) is 125 cm³/mol. The molecule has 1 unspecified atom stereocenters. The van der Waals surface area contributed by atoms with E-state index in [0.29, 0.717) is 5.56 Å². The maximum Gasteiger partial charge on any atom is 0.416 e. The van der Waals surface area contributed by atoms with Gasteiger partial charge in [-0.25, -0.2) is 8.42 Å². The molecule has 7 nitrogen and oxygen atoms in total. The number of alkyl halides is 3. The molecule has 0 aliphatic carbocycles. The van der Waals surface area contributed by atoms with E-state index in [2.05, 4.69) is 5.32 Å². The van der Waals surface area contributed by atoms with Crippen molar-refractivity contribution >= 4 is 43.3 Å². The summed E-state index contributed by atoms with van der Waals surface area (Å²) >= 11 is 1.10. The van der Waals surface area contributed by atoms with Crippen molar-refractivity contribution < 1.29 is 31.2 Å². The number of thiophene rings is 1. The van der Waals surface area contributed by atoms with Gasteiger partial charge in [-0.2, -0.15) is 17.5 Å². The number of hydrogen-bond donors (Lipinski definition) is 1. The molecule has 1 aromatic heterocycles. The van der Waals surface area contributed by atoms with Crippen LogP contribution in [0, 0.1) is 0 Å². The van der Waals surface area contributed by atoms with Crippen LogP contribution < -0.4 is 5.32 Å². The topological polar surface area (TPSA) is 86.8 Å². The summed E-state index contributed by atoms with van der Waals surface area (Å²) in [4.78, 5) is 26.4. The van der Waals surface area contributed by atoms with E-state index in [1.807, 2.05) is 0 Å². The number of sulfonamides is 1. The Morgan fingerprint density at radius 2 is 1.77 bits per heavy atom. The van der Waals surface area contributed by atoms with Crippen LogP contribution in [0.2, 0.25) is 0 Å². The van der Waals surface area contributed by atoms with Gasteiger partial charge in [-0.3, -0.25) is 9.59 Å². The number of piperazine rings is 1. The van der Waals surface area contributed by atoms with Gasteiger partial charge in [-0.1, -0.05) is 30.3 Å². The van der Waals surface area contributed by atoms with Crippen LogP contribution in [0.3, 0.4) is 0 Å². The number of benzene rings is 2. The summed E-state index contributed by atoms with van der Waals surface area (Å²) in [6.45, 7) is 1.20. The van der Waals surface area contributed by atoms with E-state index < -0.39 is 33.7 Å². The maximum atomic E-state index is 13.5. The van der Waals surface area contributed by atoms with Crippen molar-refractivity contribution in [1.82, 2.24) is 14.5 Å². The number of nitrogens with zero attached hydrogens (tertiary/aromatic N) is 2. The molecule has 4 rings (SSSR count). The number of amides is 2. The molecule has 35 heavy (non-hydrogen) atoms. The van der Waals surface area contributed by atoms with Crippen molar-refractivity contribution in [2.24, 2.45) is 0 Å². The number of fused-ring (bicyclic) bond motifs is 1. The summed E-state index contributed by atoms with van der Waals surface area (Å²) in [6.07, 6.45) is -4.47. The van der Waals surface area contributed by atoms with Crippen LogP contribution in [0.15, 0.2) is 58.8 Å². The zero-order valence-corrected chi connectivity index (χ0v) is 20.2. The number of halogens is 3. The molecule has 2 amide bonds. The van der Waals surface area contributed by atoms with Crippen LogP contribution in [0.25, 0.3) is 10.1 Å². The number of carbonyl (C=O) groups excluding carboxylic acids is 2. The lowest BCUT2D eigenvalue weighted by Gasteiger charge is -2.39. The van der Waals surface area contributed by atoms with E-state index in [-0.39, 0.29) is 36.3 Å². The summed E-state index contributed by atoms with van der Waals surface area (Å²) < 4.78 is 67.3. The predicted octanol–water partition coefficient (Wildman–Crippen LogP) is 3.46. The molecule has 12 heteroatoms. The second kappa shape index (κ2) is 9.59. The van der Waals surface area contributed by atoms with Gasteiger partial charge in [0.1, 0.15) is 10.3 Å². The second-order valence-electron chi connectivity index (χ2n) is 8.11. The summed E-state index contributed by atoms with van der Waals surface area (Å²) in [5.41, 5.74) is -0.387. The molecule has 2 aromatic carbocycles. The number of carbonyl (C=O) groups is 2. The molecule has 0 saturated carbocycles. The zero-order valence-electron chi connectivity index (χ0n) is 18.6. The third-order valence-corrected chi connectivity index (χ3v) is 9.27. The monoisotopic (exact) mass is 525 g/mol. The largest absolute Gasteiger partial charge is 0.416 e. The van der Waals surface area contributed by atoms with Crippen LogP contribution in [0.4, 0.5) is 13.2 Å². The first-order chi connectivity index (χ1) is 16.5. The highest BCUT2D eigenvalue weighted by molar-refractivity contribution is 7.91. The molecule has 1 saturated heterocycles. The highest BCUT2D eigenvalue weighted by atomic mass is 32.2. The minimum absolute atomic E-state index is 0.0610. The van der Waals surface area contributed by atoms with E-state index >= 15 is 0 Å². The SMILES string of the molecule is CC(=O)N1CCN(S(=O)(=O)c2cc3ccccc3s2)C(C(=O)NCc2ccc(C(F)(F)F)cc2)C1. The molecule has 0 spiro atoms. The Morgan fingerprint density at radius 1 is 1.09 bits per heavy atom. The van der Waals surface area contributed by atoms with Gasteiger partial charge in [0.15, 0.2) is 0 Å². The highest BCUT2D eigenvalue weighted by Crippen LogP contribution is 2.32. The van der Waals surface area contributed by atoms with Crippen molar-refractivity contribution in [1.29, 1.82) is 0 Å². The van der Waals surface area contributed by atoms with Crippen LogP contribution in [0.1, 0.15) is 18.1 Å². The lowest BCUT2D eigenvalue weighted by molar-refractivity contribution is -0.138. The third-order valence-electron chi connectivity index (χ3n) is 5.79. The summed E-state index contributed by atoms with van der Waals surface area (Å²) in [6, 6.07) is 11.9. The molecule has 3 aromatic rings. The quantitative estimate of drug-likeness (QED) is 0.553. The molecule has 0 radical (unpaired) electrons. The third kappa shape index (κ3) is 5.34. The minimum atomic E-state index is -4.47. The molecular formula is C23H22F3N3O4S2. The minimum Gasteiger partial charge on any atom is -0.351 e. The fourth-order valence-electron chi connectivity index (χ4n) is 3.87. The van der Waals surface area contributed by atoms with E-state index in [0.717, 1.165) is 37.9 Å². The first-order valence-corrected chi connectivity index (χ1v) is 12.9. The van der Waals surface area contributed by atoms with Gasteiger partial charge in [0.2, 0.25) is 11.8 Å². The molecule has 0 bridgehead atoms. The van der Waals surface area contributed by atoms with Crippen LogP contribution in [-0.2, 0) is 32.3 Å². The van der Waals surface area contributed by atoms with Gasteiger partial charge in [-0.15, -0.1) is 11.3 Å². The average Bonchev–Trinajstić information content (AvgIpc) is 3.27. The molecule has 1 atom stereocenters. The molecule has 186 valence electrons. The average molecular weight is 526 g/mol. The molecular weight excluding hydrogens is 503 g/mol. The Bertz CT molecular complexity index is 1320. The van der Waals surface area contributed by atoms with E-state index in [1.165, 1.54) is 24.0 Å². The Morgan fingerprint density at radius 3 is 2.40 bits per heavy atom. The fourth-order valence-corrected chi connectivity index (χ4v) is 6.97. The van der Waals surface area contributed by atoms with Crippen LogP contribution in [-0.4, -0.2) is 55.1 Å². The summed E-state index contributed by atoms with van der Waals surface area (Å²) in [5.74, 6) is -0.926. The molecule has 1 aliphatic heterocycles. The molecule has 1 fully saturated rings. The van der Waals surface area contributed by atoms with Crippen molar-refractivity contribution in [3.63, 3.8) is 0 Å². The highest BCUT2D eigenvalue weighted by Gasteiger charge is 2.41. The first kappa shape index (κ1) is 25.1. The lowest BCUT2D eigenvalue weighted by Crippen LogP contribution is -2.61. The maximum absolute atomic E-state index is 13.5. The van der Waals surface area contributed by atoms with E-state index in [1.54, 1.807) is 30.3 Å². The van der Waals surface area contributed by atoms with Gasteiger partial charge in [0.05, 0.1) is 5.56 Å². The molecule has 1 aliphatic rings. The van der Waals surface area contributed by atoms with Crippen molar-refractivity contribution in [2.45, 2.75) is 29.9 Å². The molecule has 2 heterocycles. The smallest absolute Gasteiger partial charge is 0.351 e. The van der Waals surface area contributed by atoms with Gasteiger partial charge in [0, 0.05) is 37.8 Å². The number of rotatable bonds is 5. The van der Waals surface area contributed by atoms with Gasteiger partial charge < -0.3 is 10.2 Å². The second-order valence-corrected chi connectivity index (χ2v) is 11.3. The van der Waals surface area contributed by atoms with Crippen LogP contribution in [0.5, 0.6) is 0 Å². The number of hydrogen-bond acceptors (Lipinski definition) is 5. The van der Waals surface area contributed by atoms with Crippen LogP contribution >= 0.6 is 11.3 Å². The van der Waals surface area contributed by atoms with Gasteiger partial charge in [-0.05, 0) is 35.2 Å². The fraction of sp³-hybridized carbons (Fsp3) is 0.304. The van der Waals surface area contributed by atoms with Crippen molar-refractivity contribution in [3.05, 3.63) is 65.7 Å². The lowest BCUT2D eigenvalue weighted by atomic mass is 10.1. The first-order valence-electron chi connectivity index (χ1n) is 10.7. The van der Waals surface area contributed by atoms with E-state index in [4.69, 9.17) is 0 Å². The Labute approximate surface area is 204 Å². The Balaban J connectivity index is 1.56. The summed E-state index contributed by atoms with van der Waals surface area (Å²) in [5, 5.41) is 3.37. The Kier molecular flexibility index (Phi) is 6.89. The van der Waals surface area contributed by atoms with Gasteiger partial charge in [0.25, 0.3) is 10.0 Å². The molecule has 1 N–H and O–H groups in total. The zero-order chi connectivity index (χ0) is 25.4. The van der Waals surface area contributed by atoms with Gasteiger partial charge >= 0.3 is 6.18 Å². The van der Waals surface area contributed by atoms with Crippen molar-refractivity contribution in [2.75, 3.05) is 19.6 Å². The van der Waals surface area contributed by atoms with Crippen molar-refractivity contribution in [3.8, 4) is 0 Å². The normalized spacial score (nSPS) is 17.5. The van der Waals surface area contributed by atoms with E-state index in [9.17, 15) is 31.2 Å². The Hall–Kier alpha value is -2.96. The number of nitrogens with one attached hydrogen (secondary N) is 1.